The van der Waals surface area contributed by atoms with Gasteiger partial charge >= 0.3 is 0 Å². The molecule has 2 amide bonds. The van der Waals surface area contributed by atoms with Gasteiger partial charge < -0.3 is 26.0 Å². The molecule has 0 aliphatic carbocycles. The molecule has 4 atom stereocenters. The first-order valence-electron chi connectivity index (χ1n) is 13.8. The predicted molar refractivity (Wildman–Crippen MR) is 163 cm³/mol. The molecule has 0 bridgehead atoms. The third-order valence-corrected chi connectivity index (χ3v) is 9.00. The van der Waals surface area contributed by atoms with E-state index in [1.54, 1.807) is 30.2 Å². The molecular weight excluding hydrogens is 549 g/mol. The number of amides is 2. The summed E-state index contributed by atoms with van der Waals surface area (Å²) in [6.45, 7) is 6.50. The van der Waals surface area contributed by atoms with Crippen LogP contribution in [0.15, 0.2) is 42.5 Å². The van der Waals surface area contributed by atoms with Crippen LogP contribution in [0.5, 0.6) is 0 Å². The quantitative estimate of drug-likeness (QED) is 0.378. The van der Waals surface area contributed by atoms with Crippen molar-refractivity contribution in [3.05, 3.63) is 63.6 Å². The molecule has 2 aromatic carbocycles. The summed E-state index contributed by atoms with van der Waals surface area (Å²) in [6.07, 6.45) is 1.33. The number of carbonyl (C=O) groups excluding carboxylic acids is 2. The summed E-state index contributed by atoms with van der Waals surface area (Å²) in [7, 11) is 5.31. The number of rotatable bonds is 12. The van der Waals surface area contributed by atoms with Crippen LogP contribution in [0.25, 0.3) is 0 Å². The lowest BCUT2D eigenvalue weighted by Gasteiger charge is -2.44. The number of likely N-dealkylation sites (N-methyl/N-ethyl adjacent to an activating group) is 1. The van der Waals surface area contributed by atoms with Crippen LogP contribution in [0, 0.1) is 0 Å². The Bertz CT molecular complexity index is 1150. The molecule has 3 rings (SSSR count). The minimum absolute atomic E-state index is 0.0273. The Balaban J connectivity index is 1.76. The van der Waals surface area contributed by atoms with Crippen molar-refractivity contribution in [1.82, 2.24) is 9.80 Å². The maximum absolute atomic E-state index is 13.7. The molecule has 1 heterocycles. The van der Waals surface area contributed by atoms with Crippen molar-refractivity contribution in [3.63, 3.8) is 0 Å². The first-order chi connectivity index (χ1) is 19.0. The van der Waals surface area contributed by atoms with Crippen LogP contribution in [0.3, 0.4) is 0 Å². The van der Waals surface area contributed by atoms with Crippen LogP contribution in [0.4, 0.5) is 5.69 Å². The Morgan fingerprint density at radius 2 is 1.68 bits per heavy atom. The van der Waals surface area contributed by atoms with Crippen LogP contribution >= 0.6 is 23.2 Å². The molecule has 8 nitrogen and oxygen atoms in total. The molecule has 4 N–H and O–H groups in total. The molecule has 0 spiro atoms. The maximum atomic E-state index is 13.7. The molecule has 10 heteroatoms. The number of primary amides is 1. The fourth-order valence-electron chi connectivity index (χ4n) is 5.97. The van der Waals surface area contributed by atoms with Crippen molar-refractivity contribution in [2.75, 3.05) is 52.3 Å². The highest BCUT2D eigenvalue weighted by molar-refractivity contribution is 6.35. The molecule has 0 radical (unpaired) electrons. The zero-order chi connectivity index (χ0) is 29.6. The van der Waals surface area contributed by atoms with Crippen LogP contribution in [0.1, 0.15) is 56.2 Å². The zero-order valence-corrected chi connectivity index (χ0v) is 25.7. The van der Waals surface area contributed by atoms with Crippen molar-refractivity contribution in [2.24, 2.45) is 11.5 Å². The van der Waals surface area contributed by atoms with Gasteiger partial charge in [0.2, 0.25) is 11.8 Å². The van der Waals surface area contributed by atoms with Crippen LogP contribution in [-0.2, 0) is 14.3 Å². The first-order valence-corrected chi connectivity index (χ1v) is 14.6. The van der Waals surface area contributed by atoms with Gasteiger partial charge in [-0.2, -0.15) is 0 Å². The van der Waals surface area contributed by atoms with E-state index >= 15 is 0 Å². The lowest BCUT2D eigenvalue weighted by atomic mass is 9.73. The lowest BCUT2D eigenvalue weighted by Crippen LogP contribution is -2.59. The average molecular weight is 593 g/mol. The lowest BCUT2D eigenvalue weighted by molar-refractivity contribution is -0.135. The summed E-state index contributed by atoms with van der Waals surface area (Å²) in [5.74, 6) is -1.08. The number of anilines is 1. The van der Waals surface area contributed by atoms with Crippen LogP contribution in [0.2, 0.25) is 10.0 Å². The summed E-state index contributed by atoms with van der Waals surface area (Å²) < 4.78 is 5.50. The fourth-order valence-corrected chi connectivity index (χ4v) is 6.51. The number of hydrogen-bond acceptors (Lipinski definition) is 6. The van der Waals surface area contributed by atoms with Gasteiger partial charge in [0.1, 0.15) is 5.54 Å². The summed E-state index contributed by atoms with van der Waals surface area (Å²) in [5, 5.41) is 0.898. The summed E-state index contributed by atoms with van der Waals surface area (Å²) >= 11 is 12.8. The topological polar surface area (TPSA) is 105 Å². The molecule has 40 heavy (non-hydrogen) atoms. The van der Waals surface area contributed by atoms with Crippen molar-refractivity contribution in [1.29, 1.82) is 0 Å². The Morgan fingerprint density at radius 3 is 2.15 bits per heavy atom. The highest BCUT2D eigenvalue weighted by atomic mass is 35.5. The SMILES string of the molecule is CCC(OC)C(N)c1ccc(N2CCN(C(=O)CC(c3ccc(Cl)cc3Cl)C(CC)(C(N)=O)N(C)C)CC2)cc1. The van der Waals surface area contributed by atoms with Crippen molar-refractivity contribution >= 4 is 40.7 Å². The summed E-state index contributed by atoms with van der Waals surface area (Å²) in [4.78, 5) is 32.6. The Hall–Kier alpha value is -2.36. The molecule has 220 valence electrons. The predicted octanol–water partition coefficient (Wildman–Crippen LogP) is 4.44. The molecule has 1 aliphatic rings. The fraction of sp³-hybridized carbons (Fsp3) is 0.533. The number of benzene rings is 2. The second-order valence-corrected chi connectivity index (χ2v) is 11.5. The second kappa shape index (κ2) is 14.0. The highest BCUT2D eigenvalue weighted by Crippen LogP contribution is 2.42. The van der Waals surface area contributed by atoms with E-state index in [1.165, 1.54) is 0 Å². The van der Waals surface area contributed by atoms with E-state index in [9.17, 15) is 9.59 Å². The van der Waals surface area contributed by atoms with E-state index in [2.05, 4.69) is 36.1 Å². The van der Waals surface area contributed by atoms with Gasteiger partial charge in [-0.3, -0.25) is 14.5 Å². The molecule has 1 fully saturated rings. The van der Waals surface area contributed by atoms with Gasteiger partial charge in [-0.05, 0) is 62.3 Å². The number of carbonyl (C=O) groups is 2. The number of methoxy groups -OCH3 is 1. The molecule has 4 unspecified atom stereocenters. The largest absolute Gasteiger partial charge is 0.379 e. The van der Waals surface area contributed by atoms with E-state index in [1.807, 2.05) is 25.9 Å². The standard InChI is InChI=1S/C30H43Cl2N5O3/c1-6-26(40-5)28(33)20-8-11-22(12-9-20)36-14-16-37(17-15-36)27(38)19-24(23-13-10-21(31)18-25(23)32)30(7-2,29(34)39)35(3)4/h8-13,18,24,26,28H,6-7,14-17,19,33H2,1-5H3,(H2,34,39). The third kappa shape index (κ3) is 6.74. The van der Waals surface area contributed by atoms with Crippen LogP contribution < -0.4 is 16.4 Å². The van der Waals surface area contributed by atoms with Crippen LogP contribution in [-0.4, -0.2) is 80.6 Å². The highest BCUT2D eigenvalue weighted by Gasteiger charge is 2.47. The van der Waals surface area contributed by atoms with Crippen molar-refractivity contribution < 1.29 is 14.3 Å². The van der Waals surface area contributed by atoms with Crippen molar-refractivity contribution in [2.45, 2.75) is 56.7 Å². The van der Waals surface area contributed by atoms with Crippen molar-refractivity contribution in [3.8, 4) is 0 Å². The minimum atomic E-state index is -1.10. The first kappa shape index (κ1) is 32.2. The van der Waals surface area contributed by atoms with E-state index in [0.717, 1.165) is 17.7 Å². The normalized spacial score (nSPS) is 17.8. The molecule has 0 saturated carbocycles. The summed E-state index contributed by atoms with van der Waals surface area (Å²) in [6, 6.07) is 13.2. The third-order valence-electron chi connectivity index (χ3n) is 8.44. The Labute approximate surface area is 248 Å². The number of ether oxygens (including phenoxy) is 1. The average Bonchev–Trinajstić information content (AvgIpc) is 2.93. The molecule has 1 saturated heterocycles. The van der Waals surface area contributed by atoms with Gasteiger partial charge in [0.05, 0.1) is 12.1 Å². The van der Waals surface area contributed by atoms with Gasteiger partial charge in [0.25, 0.3) is 0 Å². The second-order valence-electron chi connectivity index (χ2n) is 10.6. The van der Waals surface area contributed by atoms with Gasteiger partial charge in [0.15, 0.2) is 0 Å². The Kier molecular flexibility index (Phi) is 11.3. The zero-order valence-electron chi connectivity index (χ0n) is 24.2. The van der Waals surface area contributed by atoms with Gasteiger partial charge in [-0.1, -0.05) is 55.2 Å². The maximum Gasteiger partial charge on any atom is 0.238 e. The minimum Gasteiger partial charge on any atom is -0.379 e. The van der Waals surface area contributed by atoms with Gasteiger partial charge in [-0.25, -0.2) is 0 Å². The smallest absolute Gasteiger partial charge is 0.238 e. The van der Waals surface area contributed by atoms with E-state index in [0.29, 0.717) is 48.2 Å². The molecule has 1 aliphatic heterocycles. The number of nitrogens with zero attached hydrogens (tertiary/aromatic N) is 3. The van der Waals surface area contributed by atoms with E-state index in [4.69, 9.17) is 39.4 Å². The molecular formula is C30H43Cl2N5O3. The number of piperazine rings is 1. The van der Waals surface area contributed by atoms with Gasteiger partial charge in [-0.15, -0.1) is 0 Å². The van der Waals surface area contributed by atoms with E-state index in [-0.39, 0.29) is 24.5 Å². The van der Waals surface area contributed by atoms with Gasteiger partial charge in [0, 0.05) is 61.4 Å². The number of nitrogens with two attached hydrogens (primary N) is 2. The summed E-state index contributed by atoms with van der Waals surface area (Å²) in [5.41, 5.74) is 14.1. The molecule has 2 aromatic rings. The monoisotopic (exact) mass is 591 g/mol. The number of halogens is 2. The Morgan fingerprint density at radius 1 is 1.05 bits per heavy atom. The van der Waals surface area contributed by atoms with E-state index < -0.39 is 17.4 Å². The number of hydrogen-bond donors (Lipinski definition) is 2. The molecule has 0 aromatic heterocycles.